The molecule has 3 aromatic rings. The number of carbonyl (C=O) groups excluding carboxylic acids is 1. The summed E-state index contributed by atoms with van der Waals surface area (Å²) in [6.07, 6.45) is -3.07. The Bertz CT molecular complexity index is 1220. The lowest BCUT2D eigenvalue weighted by molar-refractivity contribution is -0.137. The number of hydrazone groups is 1. The third kappa shape index (κ3) is 7.63. The summed E-state index contributed by atoms with van der Waals surface area (Å²) in [6, 6.07) is 15.3. The predicted molar refractivity (Wildman–Crippen MR) is 132 cm³/mol. The largest absolute Gasteiger partial charge is 0.493 e. The molecule has 0 saturated carbocycles. The Morgan fingerprint density at radius 1 is 1.14 bits per heavy atom. The second-order valence-corrected chi connectivity index (χ2v) is 8.40. The van der Waals surface area contributed by atoms with Gasteiger partial charge in [0.05, 0.1) is 29.9 Å². The van der Waals surface area contributed by atoms with Crippen molar-refractivity contribution < 1.29 is 27.4 Å². The SMILES string of the molecule is COc1cc(/C=N\NC(=O)CNc2cccc(C(F)(F)F)c2)cc(Br)c1OCc1ccccc1Cl. The normalized spacial score (nSPS) is 11.4. The van der Waals surface area contributed by atoms with Gasteiger partial charge in [0.15, 0.2) is 11.5 Å². The lowest BCUT2D eigenvalue weighted by atomic mass is 10.2. The average Bonchev–Trinajstić information content (AvgIpc) is 2.82. The summed E-state index contributed by atoms with van der Waals surface area (Å²) in [5.74, 6) is 0.369. The van der Waals surface area contributed by atoms with Crippen LogP contribution in [0.5, 0.6) is 11.5 Å². The van der Waals surface area contributed by atoms with Crippen LogP contribution in [0.15, 0.2) is 70.2 Å². The van der Waals surface area contributed by atoms with Crippen LogP contribution in [-0.2, 0) is 17.6 Å². The fourth-order valence-corrected chi connectivity index (χ4v) is 3.69. The van der Waals surface area contributed by atoms with E-state index in [1.54, 1.807) is 18.2 Å². The second-order valence-electron chi connectivity index (χ2n) is 7.14. The molecule has 0 radical (unpaired) electrons. The van der Waals surface area contributed by atoms with Gasteiger partial charge in [-0.25, -0.2) is 5.43 Å². The van der Waals surface area contributed by atoms with E-state index in [1.165, 1.54) is 25.5 Å². The Kier molecular flexibility index (Phi) is 9.00. The predicted octanol–water partition coefficient (Wildman–Crippen LogP) is 6.27. The van der Waals surface area contributed by atoms with E-state index in [0.717, 1.165) is 17.7 Å². The first-order chi connectivity index (χ1) is 16.7. The third-order valence-electron chi connectivity index (χ3n) is 4.63. The molecule has 0 fully saturated rings. The number of halogens is 5. The van der Waals surface area contributed by atoms with Gasteiger partial charge in [-0.3, -0.25) is 4.79 Å². The number of anilines is 1. The minimum Gasteiger partial charge on any atom is -0.493 e. The van der Waals surface area contributed by atoms with Crippen molar-refractivity contribution in [1.82, 2.24) is 5.43 Å². The number of hydrogen-bond acceptors (Lipinski definition) is 5. The molecule has 0 atom stereocenters. The molecule has 6 nitrogen and oxygen atoms in total. The zero-order chi connectivity index (χ0) is 25.4. The van der Waals surface area contributed by atoms with Crippen molar-refractivity contribution >= 4 is 45.3 Å². The number of nitrogens with one attached hydrogen (secondary N) is 2. The maximum atomic E-state index is 12.8. The molecular weight excluding hydrogens is 551 g/mol. The van der Waals surface area contributed by atoms with E-state index in [9.17, 15) is 18.0 Å². The quantitative estimate of drug-likeness (QED) is 0.235. The number of carbonyl (C=O) groups is 1. The van der Waals surface area contributed by atoms with Crippen molar-refractivity contribution in [2.45, 2.75) is 12.8 Å². The summed E-state index contributed by atoms with van der Waals surface area (Å²) in [5.41, 5.74) is 3.09. The molecule has 3 aromatic carbocycles. The minimum atomic E-state index is -4.46. The third-order valence-corrected chi connectivity index (χ3v) is 5.59. The highest BCUT2D eigenvalue weighted by Crippen LogP contribution is 2.37. The number of rotatable bonds is 9. The maximum absolute atomic E-state index is 12.8. The summed E-state index contributed by atoms with van der Waals surface area (Å²) in [4.78, 5) is 12.0. The van der Waals surface area contributed by atoms with E-state index in [4.69, 9.17) is 21.1 Å². The first kappa shape index (κ1) is 26.4. The molecule has 0 bridgehead atoms. The molecule has 3 rings (SSSR count). The Balaban J connectivity index is 1.58. The van der Waals surface area contributed by atoms with E-state index in [0.29, 0.717) is 26.6 Å². The van der Waals surface area contributed by atoms with Crippen molar-refractivity contribution in [2.24, 2.45) is 5.10 Å². The number of hydrogen-bond donors (Lipinski definition) is 2. The van der Waals surface area contributed by atoms with Crippen molar-refractivity contribution in [3.8, 4) is 11.5 Å². The van der Waals surface area contributed by atoms with Gasteiger partial charge in [0.1, 0.15) is 6.61 Å². The molecule has 11 heteroatoms. The second kappa shape index (κ2) is 11.9. The number of methoxy groups -OCH3 is 1. The van der Waals surface area contributed by atoms with Crippen LogP contribution in [0.25, 0.3) is 0 Å². The van der Waals surface area contributed by atoms with Crippen molar-refractivity contribution in [3.63, 3.8) is 0 Å². The molecule has 0 aliphatic carbocycles. The molecule has 0 spiro atoms. The molecule has 1 amide bonds. The number of alkyl halides is 3. The van der Waals surface area contributed by atoms with E-state index in [1.807, 2.05) is 18.2 Å². The van der Waals surface area contributed by atoms with Gasteiger partial charge in [0.2, 0.25) is 0 Å². The van der Waals surface area contributed by atoms with Crippen molar-refractivity contribution in [3.05, 3.63) is 86.8 Å². The van der Waals surface area contributed by atoms with Gasteiger partial charge in [-0.15, -0.1) is 0 Å². The Morgan fingerprint density at radius 2 is 1.91 bits per heavy atom. The number of nitrogens with zero attached hydrogens (tertiary/aromatic N) is 1. The summed E-state index contributed by atoms with van der Waals surface area (Å²) in [6.45, 7) is -0.0303. The van der Waals surface area contributed by atoms with Gasteiger partial charge in [0.25, 0.3) is 5.91 Å². The van der Waals surface area contributed by atoms with E-state index in [-0.39, 0.29) is 18.8 Å². The van der Waals surface area contributed by atoms with Crippen LogP contribution in [0.2, 0.25) is 5.02 Å². The Morgan fingerprint density at radius 3 is 2.63 bits per heavy atom. The van der Waals surface area contributed by atoms with Crippen LogP contribution in [0.4, 0.5) is 18.9 Å². The first-order valence-electron chi connectivity index (χ1n) is 10.1. The highest BCUT2D eigenvalue weighted by Gasteiger charge is 2.30. The molecule has 184 valence electrons. The summed E-state index contributed by atoms with van der Waals surface area (Å²) in [7, 11) is 1.49. The minimum absolute atomic E-state index is 0.167. The van der Waals surface area contributed by atoms with E-state index >= 15 is 0 Å². The van der Waals surface area contributed by atoms with Gasteiger partial charge in [-0.05, 0) is 57.9 Å². The molecule has 0 heterocycles. The fraction of sp³-hybridized carbons (Fsp3) is 0.167. The van der Waals surface area contributed by atoms with E-state index in [2.05, 4.69) is 31.8 Å². The topological polar surface area (TPSA) is 72.0 Å². The fourth-order valence-electron chi connectivity index (χ4n) is 2.93. The smallest absolute Gasteiger partial charge is 0.416 e. The summed E-state index contributed by atoms with van der Waals surface area (Å²) >= 11 is 9.61. The van der Waals surface area contributed by atoms with Gasteiger partial charge in [0, 0.05) is 16.3 Å². The van der Waals surface area contributed by atoms with Crippen LogP contribution in [0, 0.1) is 0 Å². The average molecular weight is 571 g/mol. The monoisotopic (exact) mass is 569 g/mol. The molecule has 0 aliphatic heterocycles. The first-order valence-corrected chi connectivity index (χ1v) is 11.3. The van der Waals surface area contributed by atoms with Crippen molar-refractivity contribution in [2.75, 3.05) is 19.0 Å². The molecule has 2 N–H and O–H groups in total. The van der Waals surface area contributed by atoms with Crippen LogP contribution >= 0.6 is 27.5 Å². The van der Waals surface area contributed by atoms with Gasteiger partial charge in [-0.1, -0.05) is 35.9 Å². The number of amides is 1. The highest BCUT2D eigenvalue weighted by atomic mass is 79.9. The summed E-state index contributed by atoms with van der Waals surface area (Å²) < 4.78 is 50.2. The van der Waals surface area contributed by atoms with Crippen LogP contribution in [0.1, 0.15) is 16.7 Å². The lowest BCUT2D eigenvalue weighted by Crippen LogP contribution is -2.26. The Hall–Kier alpha value is -3.24. The van der Waals surface area contributed by atoms with Crippen LogP contribution in [-0.4, -0.2) is 25.8 Å². The zero-order valence-corrected chi connectivity index (χ0v) is 20.7. The molecule has 35 heavy (non-hydrogen) atoms. The zero-order valence-electron chi connectivity index (χ0n) is 18.3. The number of benzene rings is 3. The molecular formula is C24H20BrClF3N3O3. The Labute approximate surface area is 213 Å². The van der Waals surface area contributed by atoms with Gasteiger partial charge >= 0.3 is 6.18 Å². The summed E-state index contributed by atoms with van der Waals surface area (Å²) in [5, 5.41) is 7.10. The standard InChI is InChI=1S/C24H20BrClF3N3O3/c1-34-21-10-15(9-19(25)23(21)35-14-16-5-2-3-8-20(16)26)12-31-32-22(33)13-30-18-7-4-6-17(11-18)24(27,28)29/h2-12,30H,13-14H2,1H3,(H,32,33)/b31-12-. The highest BCUT2D eigenvalue weighted by molar-refractivity contribution is 9.10. The number of ether oxygens (including phenoxy) is 2. The van der Waals surface area contributed by atoms with Crippen LogP contribution < -0.4 is 20.2 Å². The molecule has 0 unspecified atom stereocenters. The molecule has 0 aromatic heterocycles. The van der Waals surface area contributed by atoms with Crippen LogP contribution in [0.3, 0.4) is 0 Å². The maximum Gasteiger partial charge on any atom is 0.416 e. The van der Waals surface area contributed by atoms with Gasteiger partial charge in [-0.2, -0.15) is 18.3 Å². The van der Waals surface area contributed by atoms with Crippen molar-refractivity contribution in [1.29, 1.82) is 0 Å². The van der Waals surface area contributed by atoms with Gasteiger partial charge < -0.3 is 14.8 Å². The van der Waals surface area contributed by atoms with E-state index < -0.39 is 17.6 Å². The molecule has 0 aliphatic rings. The molecule has 0 saturated heterocycles. The lowest BCUT2D eigenvalue weighted by Gasteiger charge is -2.14.